The molecule has 0 fully saturated rings. The van der Waals surface area contributed by atoms with Gasteiger partial charge < -0.3 is 32.7 Å². The van der Waals surface area contributed by atoms with E-state index >= 15 is 0 Å². The minimum atomic E-state index is -0.751. The summed E-state index contributed by atoms with van der Waals surface area (Å²) < 4.78 is 5.25. The van der Waals surface area contributed by atoms with Crippen LogP contribution in [0.3, 0.4) is 0 Å². The van der Waals surface area contributed by atoms with Crippen molar-refractivity contribution >= 4 is 28.3 Å². The van der Waals surface area contributed by atoms with Crippen LogP contribution in [0.1, 0.15) is 54.4 Å². The van der Waals surface area contributed by atoms with Crippen LogP contribution < -0.4 is 33.9 Å². The van der Waals surface area contributed by atoms with Gasteiger partial charge in [-0.1, -0.05) is 18.6 Å². The van der Waals surface area contributed by atoms with Gasteiger partial charge in [0.1, 0.15) is 11.3 Å². The Morgan fingerprint density at radius 1 is 1.06 bits per heavy atom. The van der Waals surface area contributed by atoms with Crippen LogP contribution in [-0.4, -0.2) is 36.9 Å². The number of aryl methyl sites for hydroxylation is 1. The number of carbonyl (C=O) groups excluding carboxylic acids is 2. The van der Waals surface area contributed by atoms with Gasteiger partial charge in [-0.05, 0) is 63.7 Å². The number of fused-ring (bicyclic) bond motifs is 1. The summed E-state index contributed by atoms with van der Waals surface area (Å²) in [6, 6.07) is 3.37. The first-order valence-electron chi connectivity index (χ1n) is 10.6. The Morgan fingerprint density at radius 3 is 2.35 bits per heavy atom. The number of rotatable bonds is 12. The Hall–Kier alpha value is -2.75. The lowest BCUT2D eigenvalue weighted by Gasteiger charge is -2.20. The summed E-state index contributed by atoms with van der Waals surface area (Å²) in [6.07, 6.45) is 3.85. The molecule has 0 aliphatic rings. The van der Waals surface area contributed by atoms with E-state index < -0.39 is 17.7 Å². The Labute approximate surface area is 181 Å². The van der Waals surface area contributed by atoms with Gasteiger partial charge in [-0.2, -0.15) is 0 Å². The molecule has 2 unspecified atom stereocenters. The normalized spacial score (nSPS) is 13.2. The zero-order valence-corrected chi connectivity index (χ0v) is 18.0. The van der Waals surface area contributed by atoms with Crippen LogP contribution in [0.15, 0.2) is 27.4 Å². The Kier molecular flexibility index (Phi) is 9.17. The van der Waals surface area contributed by atoms with Gasteiger partial charge in [0, 0.05) is 10.9 Å². The third-order valence-corrected chi connectivity index (χ3v) is 5.38. The molecule has 2 rings (SSSR count). The Bertz CT molecular complexity index is 972. The summed E-state index contributed by atoms with van der Waals surface area (Å²) in [5.74, 6) is -0.655. The third kappa shape index (κ3) is 6.36. The number of nitrogens with two attached hydrogens (primary N) is 4. The topological polar surface area (TPSA) is 180 Å². The van der Waals surface area contributed by atoms with E-state index in [4.69, 9.17) is 27.4 Å². The highest BCUT2D eigenvalue weighted by Gasteiger charge is 2.25. The molecule has 1 aromatic carbocycles. The maximum atomic E-state index is 13.2. The quantitative estimate of drug-likeness (QED) is 0.187. The summed E-state index contributed by atoms with van der Waals surface area (Å²) in [5, 5.41) is 3.44. The van der Waals surface area contributed by atoms with Crippen molar-refractivity contribution in [2.75, 3.05) is 18.8 Å². The van der Waals surface area contributed by atoms with Gasteiger partial charge in [-0.3, -0.25) is 9.59 Å². The molecule has 1 amide bonds. The van der Waals surface area contributed by atoms with E-state index in [2.05, 4.69) is 5.32 Å². The van der Waals surface area contributed by atoms with Gasteiger partial charge in [0.2, 0.25) is 5.91 Å². The number of nitrogen functional groups attached to an aromatic ring is 1. The van der Waals surface area contributed by atoms with E-state index in [9.17, 15) is 14.4 Å². The maximum Gasteiger partial charge on any atom is 0.359 e. The Balaban J connectivity index is 2.24. The first-order chi connectivity index (χ1) is 14.8. The second kappa shape index (κ2) is 11.6. The molecule has 0 spiro atoms. The van der Waals surface area contributed by atoms with E-state index in [0.717, 1.165) is 19.3 Å². The lowest BCUT2D eigenvalue weighted by Crippen LogP contribution is -2.48. The van der Waals surface area contributed by atoms with Gasteiger partial charge in [0.15, 0.2) is 5.78 Å². The van der Waals surface area contributed by atoms with Crippen molar-refractivity contribution < 1.29 is 14.0 Å². The number of hydrogen-bond donors (Lipinski definition) is 5. The van der Waals surface area contributed by atoms with Crippen LogP contribution in [0.25, 0.3) is 11.0 Å². The van der Waals surface area contributed by atoms with Gasteiger partial charge in [-0.25, -0.2) is 4.79 Å². The minimum absolute atomic E-state index is 0.0436. The highest BCUT2D eigenvalue weighted by atomic mass is 16.4. The molecule has 9 nitrogen and oxygen atoms in total. The number of ketones is 1. The molecule has 1 aromatic heterocycles. The fraction of sp³-hybridized carbons (Fsp3) is 0.500. The molecule has 31 heavy (non-hydrogen) atoms. The molecule has 1 heterocycles. The van der Waals surface area contributed by atoms with Crippen molar-refractivity contribution in [3.8, 4) is 0 Å². The van der Waals surface area contributed by atoms with Crippen LogP contribution in [0.4, 0.5) is 5.69 Å². The van der Waals surface area contributed by atoms with Crippen molar-refractivity contribution in [2.45, 2.75) is 57.5 Å². The molecule has 0 bridgehead atoms. The largest absolute Gasteiger partial charge is 0.421 e. The summed E-state index contributed by atoms with van der Waals surface area (Å²) in [7, 11) is 0. The molecule has 0 aliphatic carbocycles. The van der Waals surface area contributed by atoms with E-state index in [1.54, 1.807) is 19.1 Å². The lowest BCUT2D eigenvalue weighted by atomic mass is 9.97. The number of Topliss-reactive ketones (excluding diaryl/α,β-unsaturated/α-hetero) is 1. The van der Waals surface area contributed by atoms with E-state index in [1.165, 1.54) is 6.07 Å². The molecule has 0 saturated heterocycles. The van der Waals surface area contributed by atoms with Crippen LogP contribution in [-0.2, 0) is 4.79 Å². The standard InChI is InChI=1S/C22H33N5O4/c1-13-15-9-8-14(12-18(15)31-22(30)19(13)26)20(28)17(7-3-5-11-24)27-21(29)16(25)6-2-4-10-23/h8-9,12,16-17H,2-7,10-11,23-26H2,1H3,(H,27,29). The number of benzene rings is 1. The monoisotopic (exact) mass is 431 g/mol. The molecule has 0 saturated carbocycles. The number of unbranched alkanes of at least 4 members (excludes halogenated alkanes) is 2. The predicted octanol–water partition coefficient (Wildman–Crippen LogP) is 0.936. The summed E-state index contributed by atoms with van der Waals surface area (Å²) >= 11 is 0. The smallest absolute Gasteiger partial charge is 0.359 e. The van der Waals surface area contributed by atoms with E-state index in [-0.39, 0.29) is 23.0 Å². The molecule has 9 heteroatoms. The molecule has 0 aliphatic heterocycles. The fourth-order valence-corrected chi connectivity index (χ4v) is 3.40. The third-order valence-electron chi connectivity index (χ3n) is 5.38. The van der Waals surface area contributed by atoms with Crippen LogP contribution in [0, 0.1) is 6.92 Å². The molecule has 2 aromatic rings. The number of anilines is 1. The van der Waals surface area contributed by atoms with Gasteiger partial charge in [0.25, 0.3) is 0 Å². The van der Waals surface area contributed by atoms with Gasteiger partial charge in [-0.15, -0.1) is 0 Å². The van der Waals surface area contributed by atoms with Crippen molar-refractivity contribution in [1.82, 2.24) is 5.32 Å². The van der Waals surface area contributed by atoms with E-state index in [0.29, 0.717) is 48.9 Å². The average Bonchev–Trinajstić information content (AvgIpc) is 2.76. The molecular formula is C22H33N5O4. The van der Waals surface area contributed by atoms with Crippen LogP contribution >= 0.6 is 0 Å². The minimum Gasteiger partial charge on any atom is -0.421 e. The van der Waals surface area contributed by atoms with Gasteiger partial charge in [0.05, 0.1) is 12.1 Å². The summed E-state index contributed by atoms with van der Waals surface area (Å²) in [4.78, 5) is 37.6. The van der Waals surface area contributed by atoms with Crippen molar-refractivity contribution in [1.29, 1.82) is 0 Å². The van der Waals surface area contributed by atoms with Crippen molar-refractivity contribution in [2.24, 2.45) is 17.2 Å². The highest BCUT2D eigenvalue weighted by molar-refractivity contribution is 6.04. The number of nitrogens with one attached hydrogen (secondary N) is 1. The number of amides is 1. The molecular weight excluding hydrogens is 398 g/mol. The lowest BCUT2D eigenvalue weighted by molar-refractivity contribution is -0.123. The van der Waals surface area contributed by atoms with E-state index in [1.807, 2.05) is 0 Å². The maximum absolute atomic E-state index is 13.2. The highest BCUT2D eigenvalue weighted by Crippen LogP contribution is 2.23. The Morgan fingerprint density at radius 2 is 1.71 bits per heavy atom. The van der Waals surface area contributed by atoms with Crippen LogP contribution in [0.5, 0.6) is 0 Å². The first-order valence-corrected chi connectivity index (χ1v) is 10.6. The number of carbonyl (C=O) groups is 2. The molecule has 2 atom stereocenters. The SMILES string of the molecule is Cc1c(N)c(=O)oc2cc(C(=O)C(CCCCN)NC(=O)C(N)CCCCN)ccc12. The summed E-state index contributed by atoms with van der Waals surface area (Å²) in [6.45, 7) is 2.75. The van der Waals surface area contributed by atoms with Gasteiger partial charge >= 0.3 is 5.63 Å². The fourth-order valence-electron chi connectivity index (χ4n) is 3.40. The first kappa shape index (κ1) is 24.5. The average molecular weight is 432 g/mol. The zero-order valence-electron chi connectivity index (χ0n) is 18.0. The second-order valence-electron chi connectivity index (χ2n) is 7.74. The van der Waals surface area contributed by atoms with Crippen molar-refractivity contribution in [3.63, 3.8) is 0 Å². The number of hydrogen-bond acceptors (Lipinski definition) is 8. The second-order valence-corrected chi connectivity index (χ2v) is 7.74. The molecule has 0 radical (unpaired) electrons. The van der Waals surface area contributed by atoms with Crippen LogP contribution in [0.2, 0.25) is 0 Å². The van der Waals surface area contributed by atoms with Crippen molar-refractivity contribution in [3.05, 3.63) is 39.7 Å². The predicted molar refractivity (Wildman–Crippen MR) is 122 cm³/mol. The molecule has 170 valence electrons. The summed E-state index contributed by atoms with van der Waals surface area (Å²) in [5.41, 5.74) is 23.4. The zero-order chi connectivity index (χ0) is 23.0. The molecule has 9 N–H and O–H groups in total.